The second-order valence-electron chi connectivity index (χ2n) is 15.7. The van der Waals surface area contributed by atoms with E-state index < -0.39 is 7.12 Å². The smallest absolute Gasteiger partial charge is 0.0786 e. The minimum Gasteiger partial charge on any atom is -0.893 e. The van der Waals surface area contributed by atoms with E-state index in [0.29, 0.717) is 11.7 Å². The monoisotopic (exact) mass is 697 g/mol. The van der Waals surface area contributed by atoms with Crippen LogP contribution in [0.1, 0.15) is 224 Å². The van der Waals surface area contributed by atoms with Crippen LogP contribution in [0.15, 0.2) is 0 Å². The Morgan fingerprint density at radius 3 is 0.939 bits per heavy atom. The molecule has 0 N–H and O–H groups in total. The van der Waals surface area contributed by atoms with Crippen LogP contribution in [0.3, 0.4) is 0 Å². The first-order chi connectivity index (χ1) is 23.6. The largest absolute Gasteiger partial charge is 0.893 e. The summed E-state index contributed by atoms with van der Waals surface area (Å²) in [5.41, 5.74) is 0.594. The summed E-state index contributed by atoms with van der Waals surface area (Å²) in [6, 6.07) is 0. The average Bonchev–Trinajstić information content (AvgIpc) is 3.13. The van der Waals surface area contributed by atoms with E-state index in [1.807, 2.05) is 0 Å². The molecule has 0 aliphatic heterocycles. The van der Waals surface area contributed by atoms with Crippen molar-refractivity contribution in [3.05, 3.63) is 0 Å². The molecule has 0 saturated carbocycles. The quantitative estimate of drug-likeness (QED) is 0.0389. The van der Waals surface area contributed by atoms with E-state index >= 15 is 0 Å². The molecular weight excluding hydrogens is 599 g/mol. The summed E-state index contributed by atoms with van der Waals surface area (Å²) in [5, 5.41) is 21.0. The number of unbranched alkanes of at least 4 members (excludes halogenated alkanes) is 13. The Labute approximate surface area is 313 Å². The normalized spacial score (nSPS) is 11.9. The molecule has 0 radical (unpaired) electrons. The molecular formula is C44H97BN2O2. The zero-order chi connectivity index (χ0) is 37.7. The molecule has 0 heterocycles. The van der Waals surface area contributed by atoms with Crippen molar-refractivity contribution in [1.29, 1.82) is 0 Å². The maximum Gasteiger partial charge on any atom is 0.0786 e. The topological polar surface area (TPSA) is 46.1 Å². The van der Waals surface area contributed by atoms with Crippen molar-refractivity contribution >= 4 is 7.12 Å². The summed E-state index contributed by atoms with van der Waals surface area (Å²) in [5.74, 6) is 0. The number of rotatable bonds is 33. The van der Waals surface area contributed by atoms with Crippen molar-refractivity contribution in [3.8, 4) is 0 Å². The molecule has 0 aliphatic rings. The van der Waals surface area contributed by atoms with Gasteiger partial charge in [0.05, 0.1) is 52.4 Å². The molecule has 0 aromatic rings. The van der Waals surface area contributed by atoms with Crippen LogP contribution in [0.5, 0.6) is 0 Å². The summed E-state index contributed by atoms with van der Waals surface area (Å²) >= 11 is 0. The van der Waals surface area contributed by atoms with E-state index in [2.05, 4.69) is 76.2 Å². The molecule has 0 amide bonds. The van der Waals surface area contributed by atoms with E-state index in [1.54, 1.807) is 0 Å². The lowest BCUT2D eigenvalue weighted by Crippen LogP contribution is -2.48. The first kappa shape index (κ1) is 53.3. The van der Waals surface area contributed by atoms with Gasteiger partial charge in [-0.2, -0.15) is 0 Å². The predicted octanol–water partition coefficient (Wildman–Crippen LogP) is 12.0. The molecule has 5 heteroatoms. The van der Waals surface area contributed by atoms with Crippen LogP contribution in [-0.4, -0.2) is 68.4 Å². The third-order valence-corrected chi connectivity index (χ3v) is 12.3. The number of nitrogens with zero attached hydrogens (tertiary/aromatic N) is 2. The highest BCUT2D eigenvalue weighted by molar-refractivity contribution is 6.36. The summed E-state index contributed by atoms with van der Waals surface area (Å²) in [7, 11) is -1.61. The highest BCUT2D eigenvalue weighted by atomic mass is 16.4. The lowest BCUT2D eigenvalue weighted by Gasteiger charge is -2.35. The number of quaternary nitrogens is 2. The van der Waals surface area contributed by atoms with Crippen LogP contribution in [0.25, 0.3) is 0 Å². The average molecular weight is 697 g/mol. The lowest BCUT2D eigenvalue weighted by molar-refractivity contribution is -0.923. The van der Waals surface area contributed by atoms with Crippen molar-refractivity contribution < 1.29 is 19.0 Å². The maximum absolute atomic E-state index is 10.5. The second-order valence-corrected chi connectivity index (χ2v) is 15.7. The zero-order valence-electron chi connectivity index (χ0n) is 36.4. The van der Waals surface area contributed by atoms with E-state index in [1.165, 1.54) is 196 Å². The molecule has 298 valence electrons. The molecule has 0 spiro atoms. The minimum absolute atomic E-state index is 0.313. The Hall–Kier alpha value is -0.0951. The molecule has 0 fully saturated rings. The van der Waals surface area contributed by atoms with Crippen LogP contribution in [0.2, 0.25) is 6.32 Å². The summed E-state index contributed by atoms with van der Waals surface area (Å²) in [4.78, 5) is 0. The Balaban J connectivity index is -0.000000696. The molecule has 0 aromatic carbocycles. The Bertz CT molecular complexity index is 556. The molecule has 0 atom stereocenters. The standard InChI is InChI=1S/C20H41BO2.2C12H28N/c1-4-7-15-20(16-8-5-2,17-9-6-3)18-13-11-10-12-14-19-21(22)23;2*1-5-9-10-11-12-13(6-2,7-3)8-4/h4-19H2,1-3H3;2*5-12H2,1-4H3/q-2;2*+1. The first-order valence-corrected chi connectivity index (χ1v) is 22.6. The maximum atomic E-state index is 10.5. The van der Waals surface area contributed by atoms with Crippen molar-refractivity contribution in [3.63, 3.8) is 0 Å². The molecule has 0 unspecified atom stereocenters. The van der Waals surface area contributed by atoms with Crippen LogP contribution < -0.4 is 10.0 Å². The molecule has 4 nitrogen and oxygen atoms in total. The summed E-state index contributed by atoms with van der Waals surface area (Å²) in [6.45, 7) is 36.1. The molecule has 49 heavy (non-hydrogen) atoms. The van der Waals surface area contributed by atoms with Gasteiger partial charge in [-0.3, -0.25) is 0 Å². The predicted molar refractivity (Wildman–Crippen MR) is 221 cm³/mol. The van der Waals surface area contributed by atoms with Crippen molar-refractivity contribution in [1.82, 2.24) is 0 Å². The highest BCUT2D eigenvalue weighted by Gasteiger charge is 2.27. The van der Waals surface area contributed by atoms with Gasteiger partial charge in [-0.05, 0) is 98.3 Å². The molecule has 0 rings (SSSR count). The third-order valence-electron chi connectivity index (χ3n) is 12.3. The van der Waals surface area contributed by atoms with E-state index in [4.69, 9.17) is 0 Å². The molecule has 0 aromatic heterocycles. The van der Waals surface area contributed by atoms with Crippen molar-refractivity contribution in [2.75, 3.05) is 52.4 Å². The van der Waals surface area contributed by atoms with Gasteiger partial charge >= 0.3 is 0 Å². The zero-order valence-corrected chi connectivity index (χ0v) is 36.4. The van der Waals surface area contributed by atoms with Gasteiger partial charge in [0.25, 0.3) is 0 Å². The van der Waals surface area contributed by atoms with Crippen LogP contribution >= 0.6 is 0 Å². The number of hydrogen-bond donors (Lipinski definition) is 0. The minimum atomic E-state index is -1.61. The van der Waals surface area contributed by atoms with Gasteiger partial charge in [-0.15, -0.1) is 13.4 Å². The SMILES string of the molecule is CCCCC(CCCC)(CCCC)CCCCCCCB([O-])[O-].CCCCCC[N+](CC)(CC)CC.CCCCCC[N+](CC)(CC)CC. The Kier molecular flexibility index (Phi) is 40.9. The van der Waals surface area contributed by atoms with Gasteiger partial charge in [0.15, 0.2) is 0 Å². The van der Waals surface area contributed by atoms with Gasteiger partial charge < -0.3 is 19.0 Å². The molecule has 0 saturated heterocycles. The third kappa shape index (κ3) is 30.1. The fraction of sp³-hybridized carbons (Fsp3) is 1.00. The highest BCUT2D eigenvalue weighted by Crippen LogP contribution is 2.41. The van der Waals surface area contributed by atoms with Crippen molar-refractivity contribution in [2.45, 2.75) is 230 Å². The van der Waals surface area contributed by atoms with Crippen LogP contribution in [0.4, 0.5) is 0 Å². The Morgan fingerprint density at radius 2 is 0.633 bits per heavy atom. The fourth-order valence-electron chi connectivity index (χ4n) is 7.78. The second kappa shape index (κ2) is 37.7. The van der Waals surface area contributed by atoms with E-state index in [0.717, 1.165) is 12.8 Å². The van der Waals surface area contributed by atoms with Gasteiger partial charge in [0.2, 0.25) is 0 Å². The van der Waals surface area contributed by atoms with Crippen molar-refractivity contribution in [2.24, 2.45) is 5.41 Å². The first-order valence-electron chi connectivity index (χ1n) is 22.6. The van der Waals surface area contributed by atoms with Gasteiger partial charge in [-0.1, -0.05) is 131 Å². The van der Waals surface area contributed by atoms with E-state index in [9.17, 15) is 10.0 Å². The summed E-state index contributed by atoms with van der Waals surface area (Å²) in [6.07, 6.45) is 30.9. The molecule has 0 bridgehead atoms. The van der Waals surface area contributed by atoms with Gasteiger partial charge in [-0.25, -0.2) is 0 Å². The number of hydrogen-bond acceptors (Lipinski definition) is 2. The van der Waals surface area contributed by atoms with Crippen LogP contribution in [0, 0.1) is 5.41 Å². The Morgan fingerprint density at radius 1 is 0.347 bits per heavy atom. The van der Waals surface area contributed by atoms with Gasteiger partial charge in [0.1, 0.15) is 0 Å². The van der Waals surface area contributed by atoms with Gasteiger partial charge in [0, 0.05) is 0 Å². The summed E-state index contributed by atoms with van der Waals surface area (Å²) < 4.78 is 2.65. The molecule has 0 aliphatic carbocycles. The van der Waals surface area contributed by atoms with Crippen LogP contribution in [-0.2, 0) is 0 Å². The van der Waals surface area contributed by atoms with E-state index in [-0.39, 0.29) is 0 Å². The lowest BCUT2D eigenvalue weighted by atomic mass is 9.71. The fourth-order valence-corrected chi connectivity index (χ4v) is 7.78.